The van der Waals surface area contributed by atoms with Crippen LogP contribution in [-0.2, 0) is 0 Å². The summed E-state index contributed by atoms with van der Waals surface area (Å²) in [5, 5.41) is 5.21. The fourth-order valence-electron chi connectivity index (χ4n) is 7.04. The second-order valence-corrected chi connectivity index (χ2v) is 12.9. The van der Waals surface area contributed by atoms with Gasteiger partial charge in [-0.1, -0.05) is 109 Å². The van der Waals surface area contributed by atoms with Crippen molar-refractivity contribution in [3.63, 3.8) is 0 Å². The van der Waals surface area contributed by atoms with Crippen molar-refractivity contribution in [3.05, 3.63) is 169 Å². The number of hydrogen-bond acceptors (Lipinski definition) is 2. The van der Waals surface area contributed by atoms with Crippen LogP contribution in [0.1, 0.15) is 17.3 Å². The molecule has 0 spiro atoms. The van der Waals surface area contributed by atoms with Crippen LogP contribution in [0, 0.1) is 0 Å². The van der Waals surface area contributed by atoms with E-state index in [0.717, 1.165) is 0 Å². The van der Waals surface area contributed by atoms with Gasteiger partial charge in [0.2, 0.25) is 0 Å². The lowest BCUT2D eigenvalue weighted by Crippen LogP contribution is -2.29. The van der Waals surface area contributed by atoms with Gasteiger partial charge in [-0.3, -0.25) is 0 Å². The van der Waals surface area contributed by atoms with Crippen molar-refractivity contribution in [2.45, 2.75) is 6.17 Å². The molecule has 0 bridgehead atoms. The number of rotatable bonds is 4. The Morgan fingerprint density at radius 2 is 1.09 bits per heavy atom. The minimum Gasteiger partial charge on any atom is -0.350 e. The SMILES string of the molecule is CN1C(c2ccccc2)=CC(c2ccccc2)=CC1n1c2ccccc2c2cc(-c3ccc4sc5ccccc5c4c3)ccc21. The quantitative estimate of drug-likeness (QED) is 0.197. The third-order valence-corrected chi connectivity index (χ3v) is 10.4. The molecule has 1 aliphatic heterocycles. The Morgan fingerprint density at radius 1 is 0.489 bits per heavy atom. The molecule has 214 valence electrons. The standard InChI is InChI=1S/C42H30N2S/c1-43-39(29-14-6-3-7-15-29)26-32(28-12-4-2-5-13-28)27-42(43)44-37-18-10-8-16-33(37)35-24-30(20-22-38(35)44)31-21-23-41-36(25-31)34-17-9-11-19-40(34)45-41/h2-27,42H,1H3. The average molecular weight is 595 g/mol. The number of fused-ring (bicyclic) bond motifs is 6. The summed E-state index contributed by atoms with van der Waals surface area (Å²) in [5.41, 5.74) is 9.84. The molecular formula is C42H30N2S. The Morgan fingerprint density at radius 3 is 1.89 bits per heavy atom. The molecular weight excluding hydrogens is 565 g/mol. The Balaban J connectivity index is 1.24. The highest BCUT2D eigenvalue weighted by atomic mass is 32.1. The topological polar surface area (TPSA) is 8.17 Å². The monoisotopic (exact) mass is 594 g/mol. The molecule has 6 aromatic carbocycles. The van der Waals surface area contributed by atoms with Crippen LogP contribution in [0.15, 0.2) is 158 Å². The Hall–Kier alpha value is -5.38. The van der Waals surface area contributed by atoms with E-state index in [1.807, 2.05) is 11.3 Å². The predicted octanol–water partition coefficient (Wildman–Crippen LogP) is 11.4. The van der Waals surface area contributed by atoms with Crippen molar-refractivity contribution >= 4 is 64.6 Å². The molecule has 0 radical (unpaired) electrons. The molecule has 3 heterocycles. The number of benzene rings is 6. The van der Waals surface area contributed by atoms with Gasteiger partial charge in [0, 0.05) is 43.7 Å². The minimum atomic E-state index is -0.0119. The molecule has 0 N–H and O–H groups in total. The van der Waals surface area contributed by atoms with Gasteiger partial charge in [-0.2, -0.15) is 0 Å². The summed E-state index contributed by atoms with van der Waals surface area (Å²) >= 11 is 1.87. The third-order valence-electron chi connectivity index (χ3n) is 9.26. The van der Waals surface area contributed by atoms with Crippen LogP contribution < -0.4 is 0 Å². The largest absolute Gasteiger partial charge is 0.350 e. The van der Waals surface area contributed by atoms with E-state index in [9.17, 15) is 0 Å². The van der Waals surface area contributed by atoms with Crippen LogP contribution in [0.3, 0.4) is 0 Å². The molecule has 0 fully saturated rings. The minimum absolute atomic E-state index is 0.0119. The second kappa shape index (κ2) is 10.4. The van der Waals surface area contributed by atoms with Crippen molar-refractivity contribution in [1.82, 2.24) is 9.47 Å². The van der Waals surface area contributed by atoms with Crippen molar-refractivity contribution in [3.8, 4) is 11.1 Å². The van der Waals surface area contributed by atoms with Gasteiger partial charge in [0.25, 0.3) is 0 Å². The smallest absolute Gasteiger partial charge is 0.126 e. The maximum atomic E-state index is 2.52. The van der Waals surface area contributed by atoms with E-state index in [4.69, 9.17) is 0 Å². The van der Waals surface area contributed by atoms with Gasteiger partial charge < -0.3 is 9.47 Å². The van der Waals surface area contributed by atoms with Crippen LogP contribution in [0.4, 0.5) is 0 Å². The summed E-state index contributed by atoms with van der Waals surface area (Å²) in [6.07, 6.45) is 4.73. The normalized spacial score (nSPS) is 15.2. The summed E-state index contributed by atoms with van der Waals surface area (Å²) in [6, 6.07) is 53.0. The molecule has 8 aromatic rings. The third kappa shape index (κ3) is 4.23. The van der Waals surface area contributed by atoms with Gasteiger partial charge in [-0.05, 0) is 76.4 Å². The number of hydrogen-bond donors (Lipinski definition) is 0. The lowest BCUT2D eigenvalue weighted by atomic mass is 9.97. The highest BCUT2D eigenvalue weighted by Gasteiger charge is 2.27. The summed E-state index contributed by atoms with van der Waals surface area (Å²) < 4.78 is 5.19. The Kier molecular flexibility index (Phi) is 6.00. The van der Waals surface area contributed by atoms with E-state index >= 15 is 0 Å². The molecule has 3 heteroatoms. The lowest BCUT2D eigenvalue weighted by molar-refractivity contribution is 0.332. The zero-order valence-corrected chi connectivity index (χ0v) is 25.7. The summed E-state index contributed by atoms with van der Waals surface area (Å²) in [6.45, 7) is 0. The van der Waals surface area contributed by atoms with E-state index in [-0.39, 0.29) is 6.17 Å². The van der Waals surface area contributed by atoms with Crippen molar-refractivity contribution < 1.29 is 0 Å². The molecule has 45 heavy (non-hydrogen) atoms. The molecule has 1 atom stereocenters. The molecule has 0 saturated heterocycles. The number of likely N-dealkylation sites (N-methyl/N-ethyl adjacent to an activating group) is 1. The highest BCUT2D eigenvalue weighted by molar-refractivity contribution is 7.25. The van der Waals surface area contributed by atoms with Gasteiger partial charge in [0.15, 0.2) is 0 Å². The highest BCUT2D eigenvalue weighted by Crippen LogP contribution is 2.42. The van der Waals surface area contributed by atoms with Crippen LogP contribution >= 0.6 is 11.3 Å². The van der Waals surface area contributed by atoms with Crippen LogP contribution in [0.5, 0.6) is 0 Å². The number of aromatic nitrogens is 1. The zero-order valence-electron chi connectivity index (χ0n) is 24.9. The number of allylic oxidation sites excluding steroid dienone is 2. The van der Waals surface area contributed by atoms with Gasteiger partial charge in [-0.15, -0.1) is 11.3 Å². The van der Waals surface area contributed by atoms with E-state index in [2.05, 4.69) is 174 Å². The van der Waals surface area contributed by atoms with E-state index in [0.29, 0.717) is 0 Å². The first-order valence-electron chi connectivity index (χ1n) is 15.4. The number of thiophene rings is 1. The molecule has 2 nitrogen and oxygen atoms in total. The Labute approximate surface area is 266 Å². The fourth-order valence-corrected chi connectivity index (χ4v) is 8.13. The summed E-state index contributed by atoms with van der Waals surface area (Å²) in [7, 11) is 2.22. The molecule has 1 aliphatic rings. The number of nitrogens with zero attached hydrogens (tertiary/aromatic N) is 2. The molecule has 0 aliphatic carbocycles. The average Bonchev–Trinajstić information content (AvgIpc) is 3.64. The maximum Gasteiger partial charge on any atom is 0.126 e. The van der Waals surface area contributed by atoms with Gasteiger partial charge in [0.1, 0.15) is 6.17 Å². The van der Waals surface area contributed by atoms with Crippen molar-refractivity contribution in [2.24, 2.45) is 0 Å². The van der Waals surface area contributed by atoms with Gasteiger partial charge in [0.05, 0.1) is 11.0 Å². The van der Waals surface area contributed by atoms with Gasteiger partial charge in [-0.25, -0.2) is 0 Å². The second-order valence-electron chi connectivity index (χ2n) is 11.8. The predicted molar refractivity (Wildman–Crippen MR) is 193 cm³/mol. The molecule has 1 unspecified atom stereocenters. The van der Waals surface area contributed by atoms with E-state index < -0.39 is 0 Å². The van der Waals surface area contributed by atoms with Crippen LogP contribution in [0.2, 0.25) is 0 Å². The zero-order chi connectivity index (χ0) is 29.9. The van der Waals surface area contributed by atoms with E-state index in [1.54, 1.807) is 0 Å². The van der Waals surface area contributed by atoms with Crippen molar-refractivity contribution in [2.75, 3.05) is 7.05 Å². The van der Waals surface area contributed by atoms with Crippen LogP contribution in [0.25, 0.3) is 64.4 Å². The van der Waals surface area contributed by atoms with Gasteiger partial charge >= 0.3 is 0 Å². The molecule has 9 rings (SSSR count). The van der Waals surface area contributed by atoms with Crippen LogP contribution in [-0.4, -0.2) is 16.5 Å². The number of para-hydroxylation sites is 1. The van der Waals surface area contributed by atoms with Crippen molar-refractivity contribution in [1.29, 1.82) is 0 Å². The summed E-state index contributed by atoms with van der Waals surface area (Å²) in [5.74, 6) is 0. The fraction of sp³-hybridized carbons (Fsp3) is 0.0476. The first-order valence-corrected chi connectivity index (χ1v) is 16.3. The molecule has 0 amide bonds. The molecule has 2 aromatic heterocycles. The van der Waals surface area contributed by atoms with E-state index in [1.165, 1.54) is 75.5 Å². The first-order chi connectivity index (χ1) is 22.2. The maximum absolute atomic E-state index is 2.52. The lowest BCUT2D eigenvalue weighted by Gasteiger charge is -2.36. The Bertz CT molecular complexity index is 2440. The molecule has 0 saturated carbocycles. The first kappa shape index (κ1) is 26.1. The summed E-state index contributed by atoms with van der Waals surface area (Å²) in [4.78, 5) is 2.41.